The van der Waals surface area contributed by atoms with Crippen molar-refractivity contribution in [1.82, 2.24) is 14.9 Å². The van der Waals surface area contributed by atoms with Crippen molar-refractivity contribution in [2.45, 2.75) is 13.0 Å². The van der Waals surface area contributed by atoms with Gasteiger partial charge in [-0.15, -0.1) is 0 Å². The van der Waals surface area contributed by atoms with Crippen molar-refractivity contribution in [2.75, 3.05) is 13.1 Å². The fourth-order valence-electron chi connectivity index (χ4n) is 3.41. The van der Waals surface area contributed by atoms with Gasteiger partial charge in [0.25, 0.3) is 0 Å². The molecule has 1 aliphatic heterocycles. The van der Waals surface area contributed by atoms with Crippen molar-refractivity contribution in [3.63, 3.8) is 0 Å². The Balaban J connectivity index is 1.75. The van der Waals surface area contributed by atoms with Gasteiger partial charge in [-0.1, -0.05) is 24.3 Å². The van der Waals surface area contributed by atoms with Gasteiger partial charge in [-0.25, -0.2) is 4.98 Å². The standard InChI is InChI=1S/C15H17N3/c1-10-4-2-3-5-11(10)14-8-17-9-18(14)15-12-6-16-7-13(12)15/h2-5,8-9,12-13,15-16H,6-7H2,1H3. The summed E-state index contributed by atoms with van der Waals surface area (Å²) in [5.74, 6) is 1.64. The summed E-state index contributed by atoms with van der Waals surface area (Å²) < 4.78 is 2.39. The molecular weight excluding hydrogens is 222 g/mol. The van der Waals surface area contributed by atoms with Crippen molar-refractivity contribution in [3.05, 3.63) is 42.4 Å². The molecule has 18 heavy (non-hydrogen) atoms. The van der Waals surface area contributed by atoms with Crippen LogP contribution in [-0.4, -0.2) is 22.6 Å². The van der Waals surface area contributed by atoms with Crippen LogP contribution in [0.25, 0.3) is 11.3 Å². The summed E-state index contributed by atoms with van der Waals surface area (Å²) in [6.45, 7) is 4.50. The zero-order chi connectivity index (χ0) is 12.1. The third kappa shape index (κ3) is 1.37. The van der Waals surface area contributed by atoms with Crippen LogP contribution in [0.3, 0.4) is 0 Å². The SMILES string of the molecule is Cc1ccccc1-c1cncn1C1C2CNCC21. The van der Waals surface area contributed by atoms with E-state index in [-0.39, 0.29) is 0 Å². The Bertz CT molecular complexity index is 577. The van der Waals surface area contributed by atoms with E-state index in [1.807, 2.05) is 12.5 Å². The van der Waals surface area contributed by atoms with E-state index >= 15 is 0 Å². The Morgan fingerprint density at radius 1 is 1.22 bits per heavy atom. The Labute approximate surface area is 107 Å². The molecule has 2 aliphatic rings. The van der Waals surface area contributed by atoms with Crippen LogP contribution < -0.4 is 5.32 Å². The van der Waals surface area contributed by atoms with Crippen molar-refractivity contribution >= 4 is 0 Å². The molecule has 92 valence electrons. The minimum Gasteiger partial charge on any atom is -0.327 e. The summed E-state index contributed by atoms with van der Waals surface area (Å²) in [5.41, 5.74) is 3.91. The second-order valence-electron chi connectivity index (χ2n) is 5.48. The molecule has 4 rings (SSSR count). The summed E-state index contributed by atoms with van der Waals surface area (Å²) in [7, 11) is 0. The van der Waals surface area contributed by atoms with E-state index in [2.05, 4.69) is 46.1 Å². The Kier molecular flexibility index (Phi) is 2.12. The van der Waals surface area contributed by atoms with Gasteiger partial charge in [-0.2, -0.15) is 0 Å². The molecule has 1 aromatic carbocycles. The second kappa shape index (κ2) is 3.69. The number of piperidine rings is 1. The van der Waals surface area contributed by atoms with E-state index in [1.54, 1.807) is 0 Å². The molecule has 3 nitrogen and oxygen atoms in total. The summed E-state index contributed by atoms with van der Waals surface area (Å²) in [5, 5.41) is 3.45. The van der Waals surface area contributed by atoms with Crippen molar-refractivity contribution in [3.8, 4) is 11.3 Å². The van der Waals surface area contributed by atoms with Gasteiger partial charge in [-0.05, 0) is 24.3 Å². The zero-order valence-electron chi connectivity index (χ0n) is 10.5. The molecule has 1 aromatic heterocycles. The van der Waals surface area contributed by atoms with Crippen molar-refractivity contribution in [1.29, 1.82) is 0 Å². The molecule has 3 heteroatoms. The smallest absolute Gasteiger partial charge is 0.0953 e. The molecule has 1 N–H and O–H groups in total. The van der Waals surface area contributed by atoms with E-state index in [0.29, 0.717) is 6.04 Å². The highest BCUT2D eigenvalue weighted by Crippen LogP contribution is 2.53. The van der Waals surface area contributed by atoms with Gasteiger partial charge in [0, 0.05) is 24.7 Å². The van der Waals surface area contributed by atoms with Crippen LogP contribution in [0.1, 0.15) is 11.6 Å². The molecule has 0 spiro atoms. The quantitative estimate of drug-likeness (QED) is 0.871. The molecule has 0 bridgehead atoms. The van der Waals surface area contributed by atoms with E-state index in [1.165, 1.54) is 29.9 Å². The summed E-state index contributed by atoms with van der Waals surface area (Å²) in [4.78, 5) is 4.37. The van der Waals surface area contributed by atoms with Crippen LogP contribution in [0.5, 0.6) is 0 Å². The van der Waals surface area contributed by atoms with E-state index in [9.17, 15) is 0 Å². The largest absolute Gasteiger partial charge is 0.327 e. The van der Waals surface area contributed by atoms with E-state index in [4.69, 9.17) is 0 Å². The average molecular weight is 239 g/mol. The van der Waals surface area contributed by atoms with Crippen LogP contribution in [-0.2, 0) is 0 Å². The van der Waals surface area contributed by atoms with Crippen LogP contribution in [0.4, 0.5) is 0 Å². The Morgan fingerprint density at radius 2 is 2.00 bits per heavy atom. The lowest BCUT2D eigenvalue weighted by Gasteiger charge is -2.12. The molecule has 2 heterocycles. The highest BCUT2D eigenvalue weighted by Gasteiger charge is 2.54. The maximum absolute atomic E-state index is 4.37. The van der Waals surface area contributed by atoms with Crippen LogP contribution >= 0.6 is 0 Å². The lowest BCUT2D eigenvalue weighted by Crippen LogP contribution is -2.16. The molecule has 2 atom stereocenters. The summed E-state index contributed by atoms with van der Waals surface area (Å²) in [6.07, 6.45) is 4.01. The number of rotatable bonds is 2. The van der Waals surface area contributed by atoms with Gasteiger partial charge >= 0.3 is 0 Å². The summed E-state index contributed by atoms with van der Waals surface area (Å²) >= 11 is 0. The lowest BCUT2D eigenvalue weighted by atomic mass is 10.1. The minimum absolute atomic E-state index is 0.670. The Hall–Kier alpha value is -1.61. The summed E-state index contributed by atoms with van der Waals surface area (Å²) in [6, 6.07) is 9.23. The zero-order valence-corrected chi connectivity index (χ0v) is 10.5. The number of hydrogen-bond donors (Lipinski definition) is 1. The molecule has 1 aliphatic carbocycles. The van der Waals surface area contributed by atoms with Gasteiger partial charge in [0.1, 0.15) is 0 Å². The topological polar surface area (TPSA) is 29.9 Å². The highest BCUT2D eigenvalue weighted by molar-refractivity contribution is 5.63. The first-order valence-electron chi connectivity index (χ1n) is 6.65. The first-order chi connectivity index (χ1) is 8.86. The number of aromatic nitrogens is 2. The molecule has 2 fully saturated rings. The Morgan fingerprint density at radius 3 is 2.78 bits per heavy atom. The van der Waals surface area contributed by atoms with Gasteiger partial charge in [0.2, 0.25) is 0 Å². The normalized spacial score (nSPS) is 29.3. The van der Waals surface area contributed by atoms with Gasteiger partial charge in [0.05, 0.1) is 18.2 Å². The molecule has 2 aromatic rings. The predicted octanol–water partition coefficient (Wildman–Crippen LogP) is 2.25. The molecule has 0 radical (unpaired) electrons. The highest BCUT2D eigenvalue weighted by atomic mass is 15.2. The number of hydrogen-bond acceptors (Lipinski definition) is 2. The molecule has 2 unspecified atom stereocenters. The number of nitrogens with zero attached hydrogens (tertiary/aromatic N) is 2. The molecule has 0 amide bonds. The van der Waals surface area contributed by atoms with Crippen molar-refractivity contribution < 1.29 is 0 Å². The maximum Gasteiger partial charge on any atom is 0.0953 e. The van der Waals surface area contributed by atoms with E-state index < -0.39 is 0 Å². The number of benzene rings is 1. The van der Waals surface area contributed by atoms with Crippen LogP contribution in [0.2, 0.25) is 0 Å². The lowest BCUT2D eigenvalue weighted by molar-refractivity contribution is 0.573. The fraction of sp³-hybridized carbons (Fsp3) is 0.400. The number of fused-ring (bicyclic) bond motifs is 1. The van der Waals surface area contributed by atoms with E-state index in [0.717, 1.165) is 11.8 Å². The third-order valence-electron chi connectivity index (χ3n) is 4.45. The minimum atomic E-state index is 0.670. The maximum atomic E-state index is 4.37. The van der Waals surface area contributed by atoms with Crippen LogP contribution in [0, 0.1) is 18.8 Å². The first-order valence-corrected chi connectivity index (χ1v) is 6.65. The number of aryl methyl sites for hydroxylation is 1. The molecule has 1 saturated carbocycles. The molecule has 1 saturated heterocycles. The van der Waals surface area contributed by atoms with Crippen molar-refractivity contribution in [2.24, 2.45) is 11.8 Å². The van der Waals surface area contributed by atoms with Crippen LogP contribution in [0.15, 0.2) is 36.8 Å². The predicted molar refractivity (Wildman–Crippen MR) is 71.3 cm³/mol. The first kappa shape index (κ1) is 10.3. The monoisotopic (exact) mass is 239 g/mol. The number of imidazole rings is 1. The number of nitrogens with one attached hydrogen (secondary N) is 1. The average Bonchev–Trinajstić information content (AvgIpc) is 2.82. The van der Waals surface area contributed by atoms with Gasteiger partial charge in [-0.3, -0.25) is 0 Å². The fourth-order valence-corrected chi connectivity index (χ4v) is 3.41. The third-order valence-corrected chi connectivity index (χ3v) is 4.45. The van der Waals surface area contributed by atoms with Gasteiger partial charge in [0.15, 0.2) is 0 Å². The van der Waals surface area contributed by atoms with Gasteiger partial charge < -0.3 is 9.88 Å². The second-order valence-corrected chi connectivity index (χ2v) is 5.48. The molecular formula is C15H17N3.